The minimum absolute atomic E-state index is 0.147. The number of allylic oxidation sites excluding steroid dienone is 2. The van der Waals surface area contributed by atoms with Crippen LogP contribution in [0, 0.1) is 11.8 Å². The summed E-state index contributed by atoms with van der Waals surface area (Å²) in [6.45, 7) is 0. The van der Waals surface area contributed by atoms with Gasteiger partial charge in [-0.25, -0.2) is 0 Å². The number of benzene rings is 18. The van der Waals surface area contributed by atoms with Crippen molar-refractivity contribution in [3.8, 4) is 0 Å². The summed E-state index contributed by atoms with van der Waals surface area (Å²) >= 11 is 4.77. The Hall–Kier alpha value is -7.32. The molecule has 0 amide bonds. The average molecular weight is 866 g/mol. The Morgan fingerprint density at radius 1 is 0.182 bits per heavy atom. The molecule has 1 fully saturated rings. The van der Waals surface area contributed by atoms with Gasteiger partial charge in [-0.2, -0.15) is 0 Å². The molecule has 6 aliphatic carbocycles. The third-order valence-electron chi connectivity index (χ3n) is 25.7. The van der Waals surface area contributed by atoms with Gasteiger partial charge in [0.05, 0.1) is 0 Å². The van der Waals surface area contributed by atoms with Crippen molar-refractivity contribution in [1.29, 1.82) is 0 Å². The number of hydrogen-bond acceptors (Lipinski definition) is 0. The molecule has 1 heteroatoms. The summed E-state index contributed by atoms with van der Waals surface area (Å²) in [5.74, 6) is 0.802. The van der Waals surface area contributed by atoms with E-state index in [4.69, 9.17) is 15.9 Å². The fraction of sp³-hybridized carbons (Fsp3) is 0.0769. The van der Waals surface area contributed by atoms with Gasteiger partial charge in [0.2, 0.25) is 0 Å². The molecular weight excluding hydrogens is 861 g/mol. The second kappa shape index (κ2) is 5.15. The Balaban J connectivity index is 1.26. The molecule has 2 spiro atoms. The quantitative estimate of drug-likeness (QED) is 0.0809. The van der Waals surface area contributed by atoms with Crippen LogP contribution in [0.1, 0.15) is 22.3 Å². The van der Waals surface area contributed by atoms with E-state index >= 15 is 0 Å². The Morgan fingerprint density at radius 3 is 0.409 bits per heavy atom. The lowest BCUT2D eigenvalue weighted by Gasteiger charge is -2.55. The normalized spacial score (nSPS) is 27.1. The lowest BCUT2D eigenvalue weighted by atomic mass is 9.45. The standard InChI is InChI=1S/C65H5Br/c66-63-3-1-2-4(63)65-61-53-45-35-25-17-9-6-5-7-11-13(9)21-27-19(11)29-23-15(7)16-8(5)12-14-10(6)18(17)26-32-22(14)28-20(12)30-24(16)34-33(23)43-37(29)47-41(27)49(39(45)31(21)25)57(61)55(47)59-51(43)52-44(34)38(30)48-42(28)50-40(32)46(36(26)35)54(53)62(65)58(50)56(48)60(52)64(3,59)65/h1-4,63H/t3-,4+,63?,64?,65?. The van der Waals surface area contributed by atoms with Crippen LogP contribution >= 0.6 is 15.9 Å². The zero-order chi connectivity index (χ0) is 38.6. The third-order valence-corrected chi connectivity index (χ3v) is 26.8. The first-order chi connectivity index (χ1) is 32.9. The van der Waals surface area contributed by atoms with Gasteiger partial charge in [-0.1, -0.05) is 28.1 Å². The molecule has 0 aliphatic heterocycles. The first kappa shape index (κ1) is 23.7. The van der Waals surface area contributed by atoms with Gasteiger partial charge < -0.3 is 0 Å². The van der Waals surface area contributed by atoms with Gasteiger partial charge in [0.15, 0.2) is 0 Å². The van der Waals surface area contributed by atoms with Crippen molar-refractivity contribution in [3.63, 3.8) is 0 Å². The molecule has 28 aromatic carbocycles. The lowest BCUT2D eigenvalue weighted by Crippen LogP contribution is -2.54. The van der Waals surface area contributed by atoms with Gasteiger partial charge in [0.25, 0.3) is 0 Å². The average Bonchev–Trinajstić information content (AvgIpc) is 4.15. The van der Waals surface area contributed by atoms with Crippen LogP contribution in [0.4, 0.5) is 0 Å². The lowest BCUT2D eigenvalue weighted by molar-refractivity contribution is 0.300. The van der Waals surface area contributed by atoms with Crippen molar-refractivity contribution >= 4 is 307 Å². The predicted octanol–water partition coefficient (Wildman–Crippen LogP) is 17.9. The summed E-state index contributed by atoms with van der Waals surface area (Å²) in [5.41, 5.74) is 6.98. The monoisotopic (exact) mass is 864 g/mol. The van der Waals surface area contributed by atoms with E-state index in [0.717, 1.165) is 0 Å². The molecule has 6 aliphatic rings. The number of rotatable bonds is 0. The van der Waals surface area contributed by atoms with Crippen molar-refractivity contribution in [2.75, 3.05) is 0 Å². The fourth-order valence-electron chi connectivity index (χ4n) is 26.0. The Kier molecular flexibility index (Phi) is 1.85. The minimum atomic E-state index is -0.147. The summed E-state index contributed by atoms with van der Waals surface area (Å²) in [4.78, 5) is 0.400. The molecule has 272 valence electrons. The predicted molar refractivity (Wildman–Crippen MR) is 283 cm³/mol. The number of fused-ring (bicyclic) bond motifs is 2. The van der Waals surface area contributed by atoms with E-state index < -0.39 is 0 Å². The van der Waals surface area contributed by atoms with E-state index in [1.807, 2.05) is 22.3 Å². The molecule has 0 nitrogen and oxygen atoms in total. The smallest absolute Gasteiger partial charge is 0.0445 e. The molecule has 1 unspecified atom stereocenters. The zero-order valence-electron chi connectivity index (χ0n) is 33.3. The van der Waals surface area contributed by atoms with Gasteiger partial charge >= 0.3 is 0 Å². The van der Waals surface area contributed by atoms with E-state index in [1.54, 1.807) is 291 Å². The summed E-state index contributed by atoms with van der Waals surface area (Å²) in [7, 11) is 0. The maximum absolute atomic E-state index is 4.77. The van der Waals surface area contributed by atoms with Gasteiger partial charge in [0, 0.05) is 27.5 Å². The Bertz CT molecular complexity index is 6550. The maximum atomic E-state index is 4.77. The molecule has 0 saturated heterocycles. The summed E-state index contributed by atoms with van der Waals surface area (Å²) in [6.07, 6.45) is 5.58. The Labute approximate surface area is 366 Å². The van der Waals surface area contributed by atoms with Gasteiger partial charge in [-0.3, -0.25) is 0 Å². The first-order valence-corrected chi connectivity index (χ1v) is 25.9. The number of halogens is 1. The third kappa shape index (κ3) is 1.15. The summed E-state index contributed by atoms with van der Waals surface area (Å²) in [6, 6.07) is 0. The highest BCUT2D eigenvalue weighted by Gasteiger charge is 2.79. The number of alkyl halides is 1. The van der Waals surface area contributed by atoms with Crippen molar-refractivity contribution in [2.45, 2.75) is 15.7 Å². The number of hydrogen-bond donors (Lipinski definition) is 0. The molecule has 2 bridgehead atoms. The van der Waals surface area contributed by atoms with Crippen molar-refractivity contribution in [2.24, 2.45) is 11.8 Å². The second-order valence-corrected chi connectivity index (χ2v) is 26.3. The topological polar surface area (TPSA) is 0 Å². The van der Waals surface area contributed by atoms with Crippen LogP contribution in [0.3, 0.4) is 0 Å². The largest absolute Gasteiger partial charge is 0.0877 e. The van der Waals surface area contributed by atoms with Crippen molar-refractivity contribution in [1.82, 2.24) is 0 Å². The molecule has 66 heavy (non-hydrogen) atoms. The summed E-state index contributed by atoms with van der Waals surface area (Å²) in [5, 5.41) is 91.4. The molecule has 0 radical (unpaired) electrons. The molecule has 0 N–H and O–H groups in total. The molecule has 1 saturated carbocycles. The second-order valence-electron chi connectivity index (χ2n) is 25.2. The van der Waals surface area contributed by atoms with Crippen LogP contribution in [-0.4, -0.2) is 4.83 Å². The van der Waals surface area contributed by atoms with Crippen LogP contribution < -0.4 is 0 Å². The van der Waals surface area contributed by atoms with Crippen LogP contribution in [-0.2, 0) is 10.8 Å². The Morgan fingerprint density at radius 2 is 0.288 bits per heavy atom. The molecule has 0 aromatic heterocycles. The molecule has 3 atom stereocenters. The van der Waals surface area contributed by atoms with Crippen LogP contribution in [0.15, 0.2) is 12.2 Å². The summed E-state index contributed by atoms with van der Waals surface area (Å²) < 4.78 is 0. The van der Waals surface area contributed by atoms with Crippen molar-refractivity contribution < 1.29 is 0 Å². The van der Waals surface area contributed by atoms with E-state index in [2.05, 4.69) is 12.2 Å². The minimum Gasteiger partial charge on any atom is -0.0877 e. The highest BCUT2D eigenvalue weighted by Crippen LogP contribution is 2.89. The maximum Gasteiger partial charge on any atom is 0.0445 e. The van der Waals surface area contributed by atoms with E-state index in [0.29, 0.717) is 16.7 Å². The van der Waals surface area contributed by atoms with Crippen LogP contribution in [0.5, 0.6) is 0 Å². The van der Waals surface area contributed by atoms with Crippen LogP contribution in [0.2, 0.25) is 0 Å². The molecular formula is C65H5Br. The van der Waals surface area contributed by atoms with Crippen molar-refractivity contribution in [3.05, 3.63) is 34.4 Å². The SMILES string of the molecule is BrC1[C@H]2C=C[C@@H]1C13c4c5c6c7c8c9c(c%10c%11c1c1c4c4c%12c5c5c6c6c8c8c%13c9c9c%10c%10c%11c%11c1c1c4c4c%12c%12c5c5c6c8c6c8c%13c9c9c%10c%10c%11c1c1c4c4c%12c5c6c5c8c9c%10c1c45)C723. The van der Waals surface area contributed by atoms with Gasteiger partial charge in [-0.15, -0.1) is 0 Å². The fourth-order valence-corrected chi connectivity index (χ4v) is 27.1. The first-order valence-electron chi connectivity index (χ1n) is 25.0. The van der Waals surface area contributed by atoms with E-state index in [9.17, 15) is 0 Å². The van der Waals surface area contributed by atoms with Gasteiger partial charge in [-0.05, 0) is 313 Å². The van der Waals surface area contributed by atoms with Crippen LogP contribution in [0.25, 0.3) is 291 Å². The zero-order valence-corrected chi connectivity index (χ0v) is 34.9. The van der Waals surface area contributed by atoms with Gasteiger partial charge in [0.1, 0.15) is 0 Å². The van der Waals surface area contributed by atoms with E-state index in [1.165, 1.54) is 0 Å². The molecule has 0 heterocycles. The highest BCUT2D eigenvalue weighted by molar-refractivity contribution is 9.09. The molecule has 28 aromatic rings. The highest BCUT2D eigenvalue weighted by atomic mass is 79.9. The van der Waals surface area contributed by atoms with E-state index in [-0.39, 0.29) is 10.8 Å². The molecule has 34 rings (SSSR count).